The molecule has 0 radical (unpaired) electrons. The first-order chi connectivity index (χ1) is 16.6. The molecule has 0 spiro atoms. The summed E-state index contributed by atoms with van der Waals surface area (Å²) >= 11 is 0. The average Bonchev–Trinajstić information content (AvgIpc) is 2.87. The number of amides is 1. The standard InChI is InChI=1S/C26H24N4O4/c1-33-24-15-19(11-13-23(24)34-17-18-7-3-2-4-8-18)16-27-30-25(31)14-12-22-26(32)29-21-10-6-5-9-20(21)28-22/h2-11,13,15-16H,12,14,17H2,1H3,(H,29,32)(H,30,31)/b27-16-. The summed E-state index contributed by atoms with van der Waals surface area (Å²) in [5.74, 6) is 0.855. The topological polar surface area (TPSA) is 106 Å². The minimum absolute atomic E-state index is 0.0847. The number of ether oxygens (including phenoxy) is 2. The van der Waals surface area contributed by atoms with Crippen LogP contribution in [-0.2, 0) is 17.8 Å². The highest BCUT2D eigenvalue weighted by molar-refractivity contribution is 5.83. The van der Waals surface area contributed by atoms with Crippen molar-refractivity contribution in [2.24, 2.45) is 5.10 Å². The summed E-state index contributed by atoms with van der Waals surface area (Å²) in [6.45, 7) is 0.426. The number of nitrogens with one attached hydrogen (secondary N) is 2. The first-order valence-electron chi connectivity index (χ1n) is 10.8. The van der Waals surface area contributed by atoms with Gasteiger partial charge in [0.2, 0.25) is 5.91 Å². The number of H-pyrrole nitrogens is 1. The number of aromatic amines is 1. The Bertz CT molecular complexity index is 1370. The van der Waals surface area contributed by atoms with E-state index < -0.39 is 0 Å². The lowest BCUT2D eigenvalue weighted by molar-refractivity contribution is -0.121. The van der Waals surface area contributed by atoms with Gasteiger partial charge in [-0.2, -0.15) is 5.10 Å². The highest BCUT2D eigenvalue weighted by atomic mass is 16.5. The van der Waals surface area contributed by atoms with Crippen LogP contribution in [0.3, 0.4) is 0 Å². The van der Waals surface area contributed by atoms with Crippen LogP contribution in [0.5, 0.6) is 11.5 Å². The third-order valence-corrected chi connectivity index (χ3v) is 5.09. The lowest BCUT2D eigenvalue weighted by atomic mass is 10.2. The summed E-state index contributed by atoms with van der Waals surface area (Å²) in [5, 5.41) is 4.00. The van der Waals surface area contributed by atoms with E-state index in [-0.39, 0.29) is 24.3 Å². The van der Waals surface area contributed by atoms with Crippen molar-refractivity contribution in [3.8, 4) is 11.5 Å². The van der Waals surface area contributed by atoms with Gasteiger partial charge in [-0.25, -0.2) is 10.4 Å². The van der Waals surface area contributed by atoms with E-state index in [1.54, 1.807) is 25.3 Å². The molecule has 1 heterocycles. The molecule has 3 aromatic carbocycles. The fraction of sp³-hybridized carbons (Fsp3) is 0.154. The molecule has 8 nitrogen and oxygen atoms in total. The van der Waals surface area contributed by atoms with E-state index in [1.165, 1.54) is 6.21 Å². The summed E-state index contributed by atoms with van der Waals surface area (Å²) in [6.07, 6.45) is 1.81. The third-order valence-electron chi connectivity index (χ3n) is 5.09. The van der Waals surface area contributed by atoms with Crippen LogP contribution in [0.25, 0.3) is 11.0 Å². The van der Waals surface area contributed by atoms with Gasteiger partial charge in [-0.1, -0.05) is 42.5 Å². The second kappa shape index (κ2) is 10.9. The molecule has 2 N–H and O–H groups in total. The van der Waals surface area contributed by atoms with Gasteiger partial charge in [-0.15, -0.1) is 0 Å². The minimum atomic E-state index is -0.319. The van der Waals surface area contributed by atoms with Crippen molar-refractivity contribution in [2.75, 3.05) is 7.11 Å². The SMILES string of the molecule is COc1cc(/C=N\NC(=O)CCc2nc3ccccc3[nH]c2=O)ccc1OCc1ccccc1. The molecule has 0 saturated heterocycles. The Labute approximate surface area is 196 Å². The average molecular weight is 457 g/mol. The molecule has 0 saturated carbocycles. The Balaban J connectivity index is 1.31. The van der Waals surface area contributed by atoms with E-state index in [2.05, 4.69) is 20.5 Å². The number of carbonyl (C=O) groups excluding carboxylic acids is 1. The van der Waals surface area contributed by atoms with Gasteiger partial charge < -0.3 is 14.5 Å². The van der Waals surface area contributed by atoms with Crippen molar-refractivity contribution in [1.82, 2.24) is 15.4 Å². The van der Waals surface area contributed by atoms with Crippen molar-refractivity contribution >= 4 is 23.2 Å². The number of para-hydroxylation sites is 2. The van der Waals surface area contributed by atoms with Crippen LogP contribution in [0.2, 0.25) is 0 Å². The highest BCUT2D eigenvalue weighted by Crippen LogP contribution is 2.28. The summed E-state index contributed by atoms with van der Waals surface area (Å²) in [7, 11) is 1.57. The van der Waals surface area contributed by atoms with E-state index >= 15 is 0 Å². The summed E-state index contributed by atoms with van der Waals surface area (Å²) in [4.78, 5) is 31.5. The molecule has 0 aliphatic rings. The van der Waals surface area contributed by atoms with Crippen LogP contribution in [0, 0.1) is 0 Å². The molecular weight excluding hydrogens is 432 g/mol. The number of fused-ring (bicyclic) bond motifs is 1. The van der Waals surface area contributed by atoms with Crippen molar-refractivity contribution in [2.45, 2.75) is 19.4 Å². The van der Waals surface area contributed by atoms with Gasteiger partial charge in [0.05, 0.1) is 24.4 Å². The van der Waals surface area contributed by atoms with Gasteiger partial charge in [-0.05, 0) is 41.5 Å². The predicted octanol–water partition coefficient (Wildman–Crippen LogP) is 3.59. The summed E-state index contributed by atoms with van der Waals surface area (Å²) < 4.78 is 11.3. The molecule has 4 aromatic rings. The molecule has 172 valence electrons. The molecule has 0 bridgehead atoms. The zero-order chi connectivity index (χ0) is 23.8. The van der Waals surface area contributed by atoms with E-state index in [0.29, 0.717) is 34.8 Å². The second-order valence-electron chi connectivity index (χ2n) is 7.51. The largest absolute Gasteiger partial charge is 0.493 e. The van der Waals surface area contributed by atoms with E-state index in [1.807, 2.05) is 54.6 Å². The fourth-order valence-corrected chi connectivity index (χ4v) is 3.32. The Morgan fingerprint density at radius 1 is 1.06 bits per heavy atom. The van der Waals surface area contributed by atoms with Crippen LogP contribution in [0.1, 0.15) is 23.2 Å². The van der Waals surface area contributed by atoms with Crippen molar-refractivity contribution < 1.29 is 14.3 Å². The van der Waals surface area contributed by atoms with Crippen LogP contribution in [0.15, 0.2) is 82.7 Å². The molecule has 0 unspecified atom stereocenters. The first-order valence-corrected chi connectivity index (χ1v) is 10.8. The molecule has 34 heavy (non-hydrogen) atoms. The van der Waals surface area contributed by atoms with Crippen LogP contribution < -0.4 is 20.5 Å². The molecule has 0 atom stereocenters. The number of rotatable bonds is 9. The van der Waals surface area contributed by atoms with Gasteiger partial charge in [0, 0.05) is 12.8 Å². The summed E-state index contributed by atoms with van der Waals surface area (Å²) in [6, 6.07) is 22.5. The molecule has 0 aliphatic heterocycles. The van der Waals surface area contributed by atoms with Gasteiger partial charge in [0.1, 0.15) is 12.3 Å². The Morgan fingerprint density at radius 3 is 2.68 bits per heavy atom. The van der Waals surface area contributed by atoms with Gasteiger partial charge in [-0.3, -0.25) is 9.59 Å². The number of hydrazone groups is 1. The van der Waals surface area contributed by atoms with Crippen molar-refractivity contribution in [3.63, 3.8) is 0 Å². The molecule has 1 aromatic heterocycles. The molecule has 0 fully saturated rings. The maximum absolute atomic E-state index is 12.2. The first kappa shape index (κ1) is 22.7. The van der Waals surface area contributed by atoms with Crippen molar-refractivity contribution in [3.05, 3.63) is 100.0 Å². The Hall–Kier alpha value is -4.46. The normalized spacial score (nSPS) is 11.0. The number of hydrogen-bond donors (Lipinski definition) is 2. The number of nitrogens with zero attached hydrogens (tertiary/aromatic N) is 2. The molecule has 1 amide bonds. The van der Waals surface area contributed by atoms with Crippen LogP contribution >= 0.6 is 0 Å². The predicted molar refractivity (Wildman–Crippen MR) is 130 cm³/mol. The highest BCUT2D eigenvalue weighted by Gasteiger charge is 2.08. The lowest BCUT2D eigenvalue weighted by Crippen LogP contribution is -2.21. The number of hydrogen-bond acceptors (Lipinski definition) is 6. The minimum Gasteiger partial charge on any atom is -0.493 e. The Kier molecular flexibility index (Phi) is 7.29. The molecule has 4 rings (SSSR count). The van der Waals surface area contributed by atoms with E-state index in [4.69, 9.17) is 9.47 Å². The maximum Gasteiger partial charge on any atom is 0.270 e. The van der Waals surface area contributed by atoms with Gasteiger partial charge >= 0.3 is 0 Å². The third kappa shape index (κ3) is 5.86. The van der Waals surface area contributed by atoms with Crippen molar-refractivity contribution in [1.29, 1.82) is 0 Å². The van der Waals surface area contributed by atoms with Gasteiger partial charge in [0.15, 0.2) is 11.5 Å². The quantitative estimate of drug-likeness (QED) is 0.296. The number of benzene rings is 3. The van der Waals surface area contributed by atoms with E-state index in [0.717, 1.165) is 11.1 Å². The van der Waals surface area contributed by atoms with Crippen LogP contribution in [0.4, 0.5) is 0 Å². The fourth-order valence-electron chi connectivity index (χ4n) is 3.32. The molecule has 8 heteroatoms. The number of aromatic nitrogens is 2. The number of aryl methyl sites for hydroxylation is 1. The monoisotopic (exact) mass is 456 g/mol. The van der Waals surface area contributed by atoms with E-state index in [9.17, 15) is 9.59 Å². The summed E-state index contributed by atoms with van der Waals surface area (Å²) in [5.41, 5.74) is 5.63. The number of carbonyl (C=O) groups is 1. The molecule has 0 aliphatic carbocycles. The molecular formula is C26H24N4O4. The smallest absolute Gasteiger partial charge is 0.270 e. The van der Waals surface area contributed by atoms with Gasteiger partial charge in [0.25, 0.3) is 5.56 Å². The van der Waals surface area contributed by atoms with Crippen LogP contribution in [-0.4, -0.2) is 29.2 Å². The zero-order valence-corrected chi connectivity index (χ0v) is 18.7. The number of methoxy groups -OCH3 is 1. The second-order valence-corrected chi connectivity index (χ2v) is 7.51. The zero-order valence-electron chi connectivity index (χ0n) is 18.7. The maximum atomic E-state index is 12.2. The lowest BCUT2D eigenvalue weighted by Gasteiger charge is -2.11. The Morgan fingerprint density at radius 2 is 1.85 bits per heavy atom.